The average molecular weight is 575 g/mol. The molecule has 0 aliphatic carbocycles. The number of rotatable bonds is 9. The number of carbonyl (C=O) groups excluding carboxylic acids is 1. The second-order valence-electron chi connectivity index (χ2n) is 7.58. The summed E-state index contributed by atoms with van der Waals surface area (Å²) in [5, 5.41) is 2.99. The molecule has 0 aliphatic heterocycles. The summed E-state index contributed by atoms with van der Waals surface area (Å²) < 4.78 is 68.2. The molecule has 3 aromatic rings. The van der Waals surface area contributed by atoms with E-state index in [4.69, 9.17) is 23.2 Å². The molecule has 0 bridgehead atoms. The maximum absolute atomic E-state index is 13.3. The van der Waals surface area contributed by atoms with Crippen LogP contribution in [0, 0.1) is 5.82 Å². The Balaban J connectivity index is 1.75. The Kier molecular flexibility index (Phi) is 8.47. The minimum absolute atomic E-state index is 0.0913. The van der Waals surface area contributed by atoms with Crippen LogP contribution < -0.4 is 14.3 Å². The second kappa shape index (κ2) is 11.0. The van der Waals surface area contributed by atoms with Crippen molar-refractivity contribution in [3.05, 3.63) is 82.6 Å². The fraction of sp³-hybridized carbons (Fsp3) is 0.136. The zero-order valence-electron chi connectivity index (χ0n) is 18.9. The van der Waals surface area contributed by atoms with Crippen LogP contribution in [0.3, 0.4) is 0 Å². The van der Waals surface area contributed by atoms with E-state index in [1.807, 2.05) is 0 Å². The first-order valence-corrected chi connectivity index (χ1v) is 13.8. The van der Waals surface area contributed by atoms with E-state index in [-0.39, 0.29) is 27.0 Å². The van der Waals surface area contributed by atoms with Crippen LogP contribution in [0.4, 0.5) is 21.5 Å². The summed E-state index contributed by atoms with van der Waals surface area (Å²) >= 11 is 11.9. The lowest BCUT2D eigenvalue weighted by molar-refractivity contribution is -0.114. The summed E-state index contributed by atoms with van der Waals surface area (Å²) in [5.41, 5.74) is 0.458. The predicted octanol–water partition coefficient (Wildman–Crippen LogP) is 4.18. The van der Waals surface area contributed by atoms with Gasteiger partial charge in [0, 0.05) is 24.8 Å². The van der Waals surface area contributed by atoms with Gasteiger partial charge in [-0.05, 0) is 66.7 Å². The highest BCUT2D eigenvalue weighted by molar-refractivity contribution is 7.92. The summed E-state index contributed by atoms with van der Waals surface area (Å²) in [6.07, 6.45) is 0. The van der Waals surface area contributed by atoms with Gasteiger partial charge in [0.15, 0.2) is 0 Å². The Labute approximate surface area is 218 Å². The number of halogens is 3. The number of nitrogens with zero attached hydrogens (tertiary/aromatic N) is 2. The monoisotopic (exact) mass is 574 g/mol. The van der Waals surface area contributed by atoms with Crippen molar-refractivity contribution in [2.75, 3.05) is 35.0 Å². The lowest BCUT2D eigenvalue weighted by atomic mass is 10.3. The second-order valence-corrected chi connectivity index (χ2v) is 12.2. The van der Waals surface area contributed by atoms with Gasteiger partial charge in [-0.15, -0.1) is 0 Å². The van der Waals surface area contributed by atoms with Gasteiger partial charge in [0.1, 0.15) is 12.4 Å². The Morgan fingerprint density at radius 1 is 0.917 bits per heavy atom. The molecule has 0 fully saturated rings. The lowest BCUT2D eigenvalue weighted by Crippen LogP contribution is -2.44. The Bertz CT molecular complexity index is 1470. The van der Waals surface area contributed by atoms with Crippen molar-refractivity contribution in [1.82, 2.24) is 4.31 Å². The SMILES string of the molecule is CN(C)S(=O)(=O)N(CC(=O)Nc1ccc(S(=O)(=O)Nc2ccc(Cl)cc2Cl)cc1)c1ccc(F)cc1. The van der Waals surface area contributed by atoms with Crippen molar-refractivity contribution >= 4 is 66.4 Å². The molecule has 2 N–H and O–H groups in total. The molecule has 3 aromatic carbocycles. The highest BCUT2D eigenvalue weighted by Crippen LogP contribution is 2.28. The normalized spacial score (nSPS) is 11.8. The molecule has 0 radical (unpaired) electrons. The van der Waals surface area contributed by atoms with E-state index in [0.717, 1.165) is 20.7 Å². The Morgan fingerprint density at radius 2 is 1.53 bits per heavy atom. The quantitative estimate of drug-likeness (QED) is 0.397. The fourth-order valence-corrected chi connectivity index (χ4v) is 5.59. The molecule has 0 spiro atoms. The number of anilines is 3. The highest BCUT2D eigenvalue weighted by Gasteiger charge is 2.27. The number of hydrogen-bond acceptors (Lipinski definition) is 5. The molecule has 0 saturated heterocycles. The third-order valence-corrected chi connectivity index (χ3v) is 8.51. The summed E-state index contributed by atoms with van der Waals surface area (Å²) in [5.74, 6) is -1.26. The average Bonchev–Trinajstić information content (AvgIpc) is 2.80. The maximum Gasteiger partial charge on any atom is 0.304 e. The molecule has 0 aromatic heterocycles. The smallest absolute Gasteiger partial charge is 0.304 e. The van der Waals surface area contributed by atoms with Crippen LogP contribution in [0.15, 0.2) is 71.6 Å². The number of sulfonamides is 1. The Morgan fingerprint density at radius 3 is 2.08 bits per heavy atom. The van der Waals surface area contributed by atoms with E-state index in [0.29, 0.717) is 5.02 Å². The molecule has 0 heterocycles. The van der Waals surface area contributed by atoms with Crippen molar-refractivity contribution in [2.45, 2.75) is 4.90 Å². The van der Waals surface area contributed by atoms with Gasteiger partial charge in [0.05, 0.1) is 21.3 Å². The van der Waals surface area contributed by atoms with Crippen LogP contribution in [0.2, 0.25) is 10.0 Å². The standard InChI is InChI=1S/C22H21Cl2FN4O5S2/c1-28(2)36(33,34)29(18-8-4-16(25)5-9-18)14-22(30)26-17-6-10-19(11-7-17)35(31,32)27-21-12-3-15(23)13-20(21)24/h3-13,27H,14H2,1-2H3,(H,26,30). The Hall–Kier alpha value is -2.90. The van der Waals surface area contributed by atoms with Crippen molar-refractivity contribution in [3.8, 4) is 0 Å². The van der Waals surface area contributed by atoms with Gasteiger partial charge >= 0.3 is 10.2 Å². The van der Waals surface area contributed by atoms with Crippen molar-refractivity contribution < 1.29 is 26.0 Å². The molecule has 192 valence electrons. The van der Waals surface area contributed by atoms with E-state index < -0.39 is 38.5 Å². The van der Waals surface area contributed by atoms with Gasteiger partial charge in [0.25, 0.3) is 10.0 Å². The van der Waals surface area contributed by atoms with E-state index in [1.54, 1.807) is 0 Å². The molecule has 0 atom stereocenters. The zero-order valence-corrected chi connectivity index (χ0v) is 22.1. The summed E-state index contributed by atoms with van der Waals surface area (Å²) in [6, 6.07) is 14.1. The number of nitrogens with one attached hydrogen (secondary N) is 2. The number of benzene rings is 3. The summed E-state index contributed by atoms with van der Waals surface area (Å²) in [7, 11) is -5.47. The first-order valence-electron chi connectivity index (χ1n) is 10.1. The molecule has 3 rings (SSSR count). The van der Waals surface area contributed by atoms with Crippen LogP contribution in [-0.2, 0) is 25.0 Å². The van der Waals surface area contributed by atoms with E-state index in [1.165, 1.54) is 68.7 Å². The molecular formula is C22H21Cl2FN4O5S2. The maximum atomic E-state index is 13.3. The fourth-order valence-electron chi connectivity index (χ4n) is 2.93. The highest BCUT2D eigenvalue weighted by atomic mass is 35.5. The minimum atomic E-state index is -4.08. The first kappa shape index (κ1) is 27.7. The van der Waals surface area contributed by atoms with Crippen molar-refractivity contribution in [1.29, 1.82) is 0 Å². The first-order chi connectivity index (χ1) is 16.8. The molecule has 0 saturated carbocycles. The van der Waals surface area contributed by atoms with Crippen LogP contribution in [0.5, 0.6) is 0 Å². The predicted molar refractivity (Wildman–Crippen MR) is 139 cm³/mol. The van der Waals surface area contributed by atoms with Gasteiger partial charge in [-0.1, -0.05) is 23.2 Å². The van der Waals surface area contributed by atoms with Crippen LogP contribution in [-0.4, -0.2) is 47.7 Å². The van der Waals surface area contributed by atoms with Gasteiger partial charge in [-0.2, -0.15) is 12.7 Å². The third kappa shape index (κ3) is 6.65. The lowest BCUT2D eigenvalue weighted by Gasteiger charge is -2.26. The largest absolute Gasteiger partial charge is 0.325 e. The van der Waals surface area contributed by atoms with Gasteiger partial charge in [-0.25, -0.2) is 17.1 Å². The van der Waals surface area contributed by atoms with E-state index >= 15 is 0 Å². The molecule has 0 aliphatic rings. The molecule has 36 heavy (non-hydrogen) atoms. The van der Waals surface area contributed by atoms with Crippen LogP contribution in [0.25, 0.3) is 0 Å². The zero-order chi connectivity index (χ0) is 26.7. The van der Waals surface area contributed by atoms with Gasteiger partial charge < -0.3 is 5.32 Å². The number of hydrogen-bond donors (Lipinski definition) is 2. The van der Waals surface area contributed by atoms with Crippen LogP contribution >= 0.6 is 23.2 Å². The summed E-state index contributed by atoms with van der Waals surface area (Å²) in [4.78, 5) is 12.6. The van der Waals surface area contributed by atoms with Crippen LogP contribution in [0.1, 0.15) is 0 Å². The number of carbonyl (C=O) groups is 1. The topological polar surface area (TPSA) is 116 Å². The molecular weight excluding hydrogens is 554 g/mol. The third-order valence-electron chi connectivity index (χ3n) is 4.77. The molecule has 1 amide bonds. The van der Waals surface area contributed by atoms with Gasteiger partial charge in [-0.3, -0.25) is 9.52 Å². The van der Waals surface area contributed by atoms with E-state index in [9.17, 15) is 26.0 Å². The minimum Gasteiger partial charge on any atom is -0.325 e. The van der Waals surface area contributed by atoms with Crippen molar-refractivity contribution in [2.24, 2.45) is 0 Å². The summed E-state index contributed by atoms with van der Waals surface area (Å²) in [6.45, 7) is -0.608. The van der Waals surface area contributed by atoms with Crippen molar-refractivity contribution in [3.63, 3.8) is 0 Å². The molecule has 14 heteroatoms. The molecule has 9 nitrogen and oxygen atoms in total. The van der Waals surface area contributed by atoms with E-state index in [2.05, 4.69) is 10.0 Å². The molecule has 0 unspecified atom stereocenters. The number of amides is 1. The van der Waals surface area contributed by atoms with Gasteiger partial charge in [0.2, 0.25) is 5.91 Å².